The first-order chi connectivity index (χ1) is 14.0. The molecule has 1 atom stereocenters. The molecule has 2 amide bonds. The first-order valence-corrected chi connectivity index (χ1v) is 10.6. The molecule has 0 fully saturated rings. The van der Waals surface area contributed by atoms with E-state index in [4.69, 9.17) is 0 Å². The molecule has 6 heteroatoms. The van der Waals surface area contributed by atoms with Gasteiger partial charge in [0.25, 0.3) is 0 Å². The van der Waals surface area contributed by atoms with Crippen molar-refractivity contribution in [2.24, 2.45) is 0 Å². The van der Waals surface area contributed by atoms with E-state index < -0.39 is 6.04 Å². The van der Waals surface area contributed by atoms with Gasteiger partial charge in [0.15, 0.2) is 0 Å². The Morgan fingerprint density at radius 2 is 1.59 bits per heavy atom. The normalized spacial score (nSPS) is 12.0. The lowest BCUT2D eigenvalue weighted by Crippen LogP contribution is -2.43. The van der Waals surface area contributed by atoms with Crippen LogP contribution in [0.1, 0.15) is 6.92 Å². The van der Waals surface area contributed by atoms with Gasteiger partial charge >= 0.3 is 0 Å². The van der Waals surface area contributed by atoms with Crippen LogP contribution >= 0.6 is 11.8 Å². The first-order valence-electron chi connectivity index (χ1n) is 9.41. The summed E-state index contributed by atoms with van der Waals surface area (Å²) in [6, 6.07) is 20.9. The van der Waals surface area contributed by atoms with Crippen molar-refractivity contribution in [3.63, 3.8) is 0 Å². The predicted molar refractivity (Wildman–Crippen MR) is 122 cm³/mol. The summed E-state index contributed by atoms with van der Waals surface area (Å²) < 4.78 is 0. The number of para-hydroxylation sites is 1. The maximum absolute atomic E-state index is 12.6. The van der Waals surface area contributed by atoms with Crippen LogP contribution in [0, 0.1) is 0 Å². The lowest BCUT2D eigenvalue weighted by atomic mass is 10.1. The van der Waals surface area contributed by atoms with Gasteiger partial charge in [-0.15, -0.1) is 11.8 Å². The van der Waals surface area contributed by atoms with Crippen molar-refractivity contribution >= 4 is 45.7 Å². The van der Waals surface area contributed by atoms with Crippen LogP contribution in [-0.4, -0.2) is 42.6 Å². The van der Waals surface area contributed by atoms with E-state index in [1.165, 1.54) is 0 Å². The maximum atomic E-state index is 12.6. The van der Waals surface area contributed by atoms with Crippen LogP contribution in [0.2, 0.25) is 0 Å². The third-order valence-corrected chi connectivity index (χ3v) is 5.66. The van der Waals surface area contributed by atoms with Crippen molar-refractivity contribution in [2.45, 2.75) is 17.9 Å². The van der Waals surface area contributed by atoms with Crippen LogP contribution in [0.25, 0.3) is 10.8 Å². The van der Waals surface area contributed by atoms with Crippen LogP contribution < -0.4 is 10.6 Å². The number of carbonyl (C=O) groups excluding carboxylic acids is 2. The number of amides is 2. The minimum absolute atomic E-state index is 0.113. The number of benzene rings is 3. The molecule has 0 bridgehead atoms. The molecule has 150 valence electrons. The third-order valence-electron chi connectivity index (χ3n) is 4.86. The maximum Gasteiger partial charge on any atom is 0.241 e. The number of carbonyl (C=O) groups is 2. The summed E-state index contributed by atoms with van der Waals surface area (Å²) in [6.07, 6.45) is 1.97. The minimum atomic E-state index is -0.455. The van der Waals surface area contributed by atoms with E-state index in [2.05, 4.69) is 10.6 Å². The van der Waals surface area contributed by atoms with Gasteiger partial charge in [-0.1, -0.05) is 48.5 Å². The number of thioether (sulfide) groups is 1. The molecule has 0 heterocycles. The minimum Gasteiger partial charge on any atom is -0.324 e. The summed E-state index contributed by atoms with van der Waals surface area (Å²) in [4.78, 5) is 27.9. The number of nitrogens with zero attached hydrogens (tertiary/aromatic N) is 1. The standard InChI is InChI=1S/C23H25N3O2S/c1-16(23(28)25-20-12-6-7-14-21(20)29-3)26(2)15-22(27)24-19-13-8-10-17-9-4-5-11-18(17)19/h4-14,16H,15H2,1-3H3,(H,24,27)(H,25,28)/t16-/m1/s1. The topological polar surface area (TPSA) is 61.4 Å². The average molecular weight is 408 g/mol. The van der Waals surface area contributed by atoms with Crippen molar-refractivity contribution < 1.29 is 9.59 Å². The van der Waals surface area contributed by atoms with E-state index in [0.29, 0.717) is 0 Å². The molecule has 0 radical (unpaired) electrons. The van der Waals surface area contributed by atoms with Crippen LogP contribution in [0.3, 0.4) is 0 Å². The molecule has 0 spiro atoms. The first kappa shape index (κ1) is 20.9. The van der Waals surface area contributed by atoms with Gasteiger partial charge in [0.1, 0.15) is 0 Å². The Morgan fingerprint density at radius 3 is 2.38 bits per heavy atom. The van der Waals surface area contributed by atoms with E-state index in [1.807, 2.05) is 73.0 Å². The highest BCUT2D eigenvalue weighted by molar-refractivity contribution is 7.98. The van der Waals surface area contributed by atoms with E-state index >= 15 is 0 Å². The van der Waals surface area contributed by atoms with Gasteiger partial charge in [-0.05, 0) is 43.8 Å². The second-order valence-electron chi connectivity index (χ2n) is 6.86. The molecule has 3 rings (SSSR count). The highest BCUT2D eigenvalue weighted by atomic mass is 32.2. The molecule has 0 aliphatic heterocycles. The van der Waals surface area contributed by atoms with Gasteiger partial charge < -0.3 is 10.6 Å². The smallest absolute Gasteiger partial charge is 0.241 e. The molecule has 3 aromatic rings. The fourth-order valence-electron chi connectivity index (χ4n) is 3.07. The number of hydrogen-bond donors (Lipinski definition) is 2. The monoisotopic (exact) mass is 407 g/mol. The number of fused-ring (bicyclic) bond motifs is 1. The molecule has 5 nitrogen and oxygen atoms in total. The van der Waals surface area contributed by atoms with E-state index in [-0.39, 0.29) is 18.4 Å². The molecule has 0 saturated heterocycles. The van der Waals surface area contributed by atoms with Crippen molar-refractivity contribution in [3.8, 4) is 0 Å². The summed E-state index contributed by atoms with van der Waals surface area (Å²) in [5, 5.41) is 7.98. The Hall–Kier alpha value is -2.83. The molecule has 0 unspecified atom stereocenters. The summed E-state index contributed by atoms with van der Waals surface area (Å²) in [5.41, 5.74) is 1.55. The molecular weight excluding hydrogens is 382 g/mol. The Bertz CT molecular complexity index is 1020. The molecule has 0 aliphatic rings. The zero-order chi connectivity index (χ0) is 20.8. The second-order valence-corrected chi connectivity index (χ2v) is 7.70. The van der Waals surface area contributed by atoms with Crippen molar-refractivity contribution in [3.05, 3.63) is 66.7 Å². The Labute approximate surface area is 175 Å². The average Bonchev–Trinajstić information content (AvgIpc) is 2.73. The van der Waals surface area contributed by atoms with Crippen molar-refractivity contribution in [1.82, 2.24) is 4.90 Å². The highest BCUT2D eigenvalue weighted by Gasteiger charge is 2.21. The Morgan fingerprint density at radius 1 is 0.931 bits per heavy atom. The van der Waals surface area contributed by atoms with Gasteiger partial charge in [0.2, 0.25) is 11.8 Å². The van der Waals surface area contributed by atoms with Crippen LogP contribution in [0.5, 0.6) is 0 Å². The van der Waals surface area contributed by atoms with Crippen molar-refractivity contribution in [1.29, 1.82) is 0 Å². The summed E-state index contributed by atoms with van der Waals surface area (Å²) in [6.45, 7) is 1.91. The number of likely N-dealkylation sites (N-methyl/N-ethyl adjacent to an activating group) is 1. The highest BCUT2D eigenvalue weighted by Crippen LogP contribution is 2.25. The second kappa shape index (κ2) is 9.58. The molecule has 29 heavy (non-hydrogen) atoms. The zero-order valence-electron chi connectivity index (χ0n) is 16.8. The fourth-order valence-corrected chi connectivity index (χ4v) is 3.63. The summed E-state index contributed by atoms with van der Waals surface area (Å²) in [5.74, 6) is -0.306. The lowest BCUT2D eigenvalue weighted by Gasteiger charge is -2.24. The van der Waals surface area contributed by atoms with E-state index in [1.54, 1.807) is 30.6 Å². The lowest BCUT2D eigenvalue weighted by molar-refractivity contribution is -0.122. The Kier molecular flexibility index (Phi) is 6.90. The van der Waals surface area contributed by atoms with Gasteiger partial charge in [-0.3, -0.25) is 14.5 Å². The van der Waals surface area contributed by atoms with Crippen LogP contribution in [0.4, 0.5) is 11.4 Å². The fraction of sp³-hybridized carbons (Fsp3) is 0.217. The molecule has 0 saturated carbocycles. The molecular formula is C23H25N3O2S. The number of nitrogens with one attached hydrogen (secondary N) is 2. The van der Waals surface area contributed by atoms with Gasteiger partial charge in [0.05, 0.1) is 18.3 Å². The van der Waals surface area contributed by atoms with E-state index in [9.17, 15) is 9.59 Å². The van der Waals surface area contributed by atoms with Crippen LogP contribution in [0.15, 0.2) is 71.6 Å². The number of hydrogen-bond acceptors (Lipinski definition) is 4. The van der Waals surface area contributed by atoms with Crippen molar-refractivity contribution in [2.75, 3.05) is 30.5 Å². The number of anilines is 2. The SMILES string of the molecule is CSc1ccccc1NC(=O)[C@@H](C)N(C)CC(=O)Nc1cccc2ccccc12. The quantitative estimate of drug-likeness (QED) is 0.568. The summed E-state index contributed by atoms with van der Waals surface area (Å²) >= 11 is 1.58. The third kappa shape index (κ3) is 5.16. The molecule has 3 aromatic carbocycles. The predicted octanol–water partition coefficient (Wildman–Crippen LogP) is 4.46. The van der Waals surface area contributed by atoms with Gasteiger partial charge in [0, 0.05) is 16.0 Å². The molecule has 0 aromatic heterocycles. The number of rotatable bonds is 7. The zero-order valence-corrected chi connectivity index (χ0v) is 17.6. The Balaban J connectivity index is 1.62. The van der Waals surface area contributed by atoms with Gasteiger partial charge in [-0.25, -0.2) is 0 Å². The summed E-state index contributed by atoms with van der Waals surface area (Å²) in [7, 11) is 1.77. The molecule has 2 N–H and O–H groups in total. The van der Waals surface area contributed by atoms with E-state index in [0.717, 1.165) is 27.0 Å². The van der Waals surface area contributed by atoms with Gasteiger partial charge in [-0.2, -0.15) is 0 Å². The molecule has 0 aliphatic carbocycles. The van der Waals surface area contributed by atoms with Crippen LogP contribution in [-0.2, 0) is 9.59 Å². The largest absolute Gasteiger partial charge is 0.324 e.